The van der Waals surface area contributed by atoms with Gasteiger partial charge in [0.2, 0.25) is 0 Å². The van der Waals surface area contributed by atoms with Crippen LogP contribution >= 0.6 is 0 Å². The van der Waals surface area contributed by atoms with E-state index in [1.54, 1.807) is 0 Å². The van der Waals surface area contributed by atoms with Crippen molar-refractivity contribution in [3.63, 3.8) is 0 Å². The Kier molecular flexibility index (Phi) is 5.61. The van der Waals surface area contributed by atoms with Crippen LogP contribution in [-0.2, 0) is 19.2 Å². The van der Waals surface area contributed by atoms with Crippen LogP contribution in [0, 0.1) is 10.7 Å². The van der Waals surface area contributed by atoms with Gasteiger partial charge >= 0.3 is 0 Å². The summed E-state index contributed by atoms with van der Waals surface area (Å²) in [5, 5.41) is 8.47. The molecule has 1 aromatic carbocycles. The van der Waals surface area contributed by atoms with Gasteiger partial charge in [0.25, 0.3) is 0 Å². The maximum Gasteiger partial charge on any atom is 0.173 e. The van der Waals surface area contributed by atoms with Crippen LogP contribution in [0.25, 0.3) is 0 Å². The van der Waals surface area contributed by atoms with Gasteiger partial charge in [0.05, 0.1) is 0 Å². The summed E-state index contributed by atoms with van der Waals surface area (Å²) in [6.45, 7) is 0.946. The Morgan fingerprint density at radius 2 is 1.50 bits per heavy atom. The number of thiocyanates is 1. The molecular formula is C13H12N2S. The molecule has 0 amide bonds. The zero-order valence-electron chi connectivity index (χ0n) is 8.78. The summed E-state index contributed by atoms with van der Waals surface area (Å²) in [5.41, 5.74) is 1.33. The molecule has 0 aliphatic carbocycles. The highest BCUT2D eigenvalue weighted by Gasteiger charge is 1.98. The van der Waals surface area contributed by atoms with Crippen LogP contribution in [0.15, 0.2) is 60.9 Å². The van der Waals surface area contributed by atoms with E-state index in [-0.39, 0.29) is 0 Å². The molecule has 3 heteroatoms. The lowest BCUT2D eigenvalue weighted by molar-refractivity contribution is -0.688. The number of aromatic nitrogens is 1. The first-order valence-corrected chi connectivity index (χ1v) is 5.27. The van der Waals surface area contributed by atoms with E-state index >= 15 is 0 Å². The van der Waals surface area contributed by atoms with E-state index in [0.29, 0.717) is 0 Å². The number of nitriles is 1. The van der Waals surface area contributed by atoms with E-state index in [4.69, 9.17) is 5.26 Å². The molecule has 80 valence electrons. The molecule has 0 aliphatic rings. The Bertz CT molecular complexity index is 397. The van der Waals surface area contributed by atoms with Crippen molar-refractivity contribution in [3.8, 4) is 5.40 Å². The molecule has 16 heavy (non-hydrogen) atoms. The van der Waals surface area contributed by atoms with Crippen LogP contribution in [0.4, 0.5) is 0 Å². The van der Waals surface area contributed by atoms with Gasteiger partial charge in [0.1, 0.15) is 0 Å². The number of benzene rings is 1. The average molecular weight is 228 g/mol. The van der Waals surface area contributed by atoms with Gasteiger partial charge in [0, 0.05) is 17.7 Å². The molecule has 2 nitrogen and oxygen atoms in total. The van der Waals surface area contributed by atoms with Crippen LogP contribution in [0.2, 0.25) is 0 Å². The fourth-order valence-electron chi connectivity index (χ4n) is 1.33. The molecule has 0 radical (unpaired) electrons. The van der Waals surface area contributed by atoms with E-state index < -0.39 is 0 Å². The smallest absolute Gasteiger partial charge is 0.173 e. The summed E-state index contributed by atoms with van der Waals surface area (Å²) in [5.74, 6) is 0. The molecule has 0 aliphatic heterocycles. The highest BCUT2D eigenvalue weighted by molar-refractivity contribution is 7.64. The maximum atomic E-state index is 7.13. The Hall–Kier alpha value is -1.92. The number of nitrogens with zero attached hydrogens (tertiary/aromatic N) is 2. The van der Waals surface area contributed by atoms with Crippen molar-refractivity contribution in [1.29, 1.82) is 5.26 Å². The third-order valence-electron chi connectivity index (χ3n) is 1.99. The molecule has 0 N–H and O–H groups in total. The largest absolute Gasteiger partial charge is 0.696 e. The minimum Gasteiger partial charge on any atom is -0.696 e. The summed E-state index contributed by atoms with van der Waals surface area (Å²) in [6.07, 6.45) is 4.15. The third-order valence-corrected chi connectivity index (χ3v) is 1.99. The quantitative estimate of drug-likeness (QED) is 0.447. The van der Waals surface area contributed by atoms with Gasteiger partial charge in [-0.05, 0) is 0 Å². The summed E-state index contributed by atoms with van der Waals surface area (Å²) in [4.78, 5) is 0. The Balaban J connectivity index is 0.000000386. The first kappa shape index (κ1) is 12.2. The van der Waals surface area contributed by atoms with E-state index in [2.05, 4.69) is 53.9 Å². The molecule has 1 aromatic heterocycles. The SMILES string of the molecule is N#C[S-].c1ccc(C[n+]2ccccc2)cc1. The predicted molar refractivity (Wildman–Crippen MR) is 65.2 cm³/mol. The predicted octanol–water partition coefficient (Wildman–Crippen LogP) is 2.04. The zero-order chi connectivity index (χ0) is 11.6. The minimum absolute atomic E-state index is 0.946. The van der Waals surface area contributed by atoms with Crippen LogP contribution in [-0.4, -0.2) is 0 Å². The summed E-state index contributed by atoms with van der Waals surface area (Å²) >= 11 is 3.70. The molecule has 0 fully saturated rings. The first-order valence-electron chi connectivity index (χ1n) is 4.86. The Morgan fingerprint density at radius 3 is 2.06 bits per heavy atom. The Labute approximate surface area is 101 Å². The molecule has 0 spiro atoms. The normalized spacial score (nSPS) is 8.44. The fraction of sp³-hybridized carbons (Fsp3) is 0.0769. The molecule has 0 atom stereocenters. The van der Waals surface area contributed by atoms with Gasteiger partial charge in [-0.3, -0.25) is 0 Å². The zero-order valence-corrected chi connectivity index (χ0v) is 9.60. The molecule has 0 saturated carbocycles. The maximum absolute atomic E-state index is 7.13. The molecular weight excluding hydrogens is 216 g/mol. The second-order valence-electron chi connectivity index (χ2n) is 3.12. The fourth-order valence-corrected chi connectivity index (χ4v) is 1.33. The number of rotatable bonds is 2. The van der Waals surface area contributed by atoms with Crippen molar-refractivity contribution in [3.05, 3.63) is 66.5 Å². The number of hydrogen-bond acceptors (Lipinski definition) is 2. The molecule has 0 saturated heterocycles. The van der Waals surface area contributed by atoms with Crippen molar-refractivity contribution in [1.82, 2.24) is 0 Å². The van der Waals surface area contributed by atoms with Gasteiger partial charge in [-0.1, -0.05) is 41.8 Å². The second kappa shape index (κ2) is 7.38. The molecule has 2 rings (SSSR count). The van der Waals surface area contributed by atoms with Crippen molar-refractivity contribution < 1.29 is 4.57 Å². The van der Waals surface area contributed by atoms with E-state index in [1.807, 2.05) is 24.3 Å². The third kappa shape index (κ3) is 4.54. The number of pyridine rings is 1. The highest BCUT2D eigenvalue weighted by atomic mass is 32.1. The van der Waals surface area contributed by atoms with Crippen molar-refractivity contribution in [2.75, 3.05) is 0 Å². The summed E-state index contributed by atoms with van der Waals surface area (Å²) < 4.78 is 2.16. The van der Waals surface area contributed by atoms with E-state index in [0.717, 1.165) is 6.54 Å². The lowest BCUT2D eigenvalue weighted by atomic mass is 10.2. The summed E-state index contributed by atoms with van der Waals surface area (Å²) in [7, 11) is 0. The lowest BCUT2D eigenvalue weighted by Crippen LogP contribution is -2.32. The number of hydrogen-bond donors (Lipinski definition) is 0. The second-order valence-corrected chi connectivity index (χ2v) is 3.31. The van der Waals surface area contributed by atoms with Crippen LogP contribution in [0.5, 0.6) is 0 Å². The van der Waals surface area contributed by atoms with Gasteiger partial charge in [-0.2, -0.15) is 0 Å². The Morgan fingerprint density at radius 1 is 1.00 bits per heavy atom. The standard InChI is InChI=1S/C12H12N.CHNS/c1-3-7-12(8-4-1)11-13-9-5-2-6-10-13;2-1-3/h1-10H,11H2;3H/q+1;/p-1. The lowest BCUT2D eigenvalue weighted by Gasteiger charge is -1.95. The summed E-state index contributed by atoms with van der Waals surface area (Å²) in [6, 6.07) is 16.6. The van der Waals surface area contributed by atoms with Gasteiger partial charge in [-0.25, -0.2) is 9.83 Å². The van der Waals surface area contributed by atoms with Crippen LogP contribution in [0.1, 0.15) is 5.56 Å². The molecule has 1 heterocycles. The molecule has 0 bridgehead atoms. The highest BCUT2D eigenvalue weighted by Crippen LogP contribution is 1.96. The average Bonchev–Trinajstić information content (AvgIpc) is 2.33. The van der Waals surface area contributed by atoms with Gasteiger partial charge in [-0.15, -0.1) is 0 Å². The minimum atomic E-state index is 0.946. The van der Waals surface area contributed by atoms with E-state index in [1.165, 1.54) is 11.0 Å². The monoisotopic (exact) mass is 228 g/mol. The van der Waals surface area contributed by atoms with Crippen molar-refractivity contribution in [2.45, 2.75) is 6.54 Å². The molecule has 0 unspecified atom stereocenters. The van der Waals surface area contributed by atoms with E-state index in [9.17, 15) is 0 Å². The first-order chi connectivity index (χ1) is 7.86. The van der Waals surface area contributed by atoms with Gasteiger partial charge < -0.3 is 12.6 Å². The van der Waals surface area contributed by atoms with Crippen molar-refractivity contribution in [2.24, 2.45) is 0 Å². The van der Waals surface area contributed by atoms with Crippen molar-refractivity contribution >= 4 is 12.6 Å². The van der Waals surface area contributed by atoms with Gasteiger partial charge in [0.15, 0.2) is 18.9 Å². The topological polar surface area (TPSA) is 27.7 Å². The van der Waals surface area contributed by atoms with Crippen LogP contribution in [0.3, 0.4) is 0 Å². The van der Waals surface area contributed by atoms with Crippen LogP contribution < -0.4 is 4.57 Å². The molecule has 2 aromatic rings.